The lowest BCUT2D eigenvalue weighted by molar-refractivity contribution is 0.383. The van der Waals surface area contributed by atoms with Gasteiger partial charge in [0.2, 0.25) is 0 Å². The molecule has 92 valence electrons. The molecule has 0 bridgehead atoms. The van der Waals surface area contributed by atoms with Crippen molar-refractivity contribution in [1.29, 1.82) is 0 Å². The summed E-state index contributed by atoms with van der Waals surface area (Å²) in [5.41, 5.74) is 6.04. The smallest absolute Gasteiger partial charge is 0.155 e. The third-order valence-corrected chi connectivity index (χ3v) is 4.17. The highest BCUT2D eigenvalue weighted by atomic mass is 79.9. The molecule has 0 saturated carbocycles. The quantitative estimate of drug-likeness (QED) is 0.912. The first kappa shape index (κ1) is 12.8. The van der Waals surface area contributed by atoms with Crippen LogP contribution >= 0.6 is 27.7 Å². The van der Waals surface area contributed by atoms with Crippen LogP contribution in [0.1, 0.15) is 19.0 Å². The Labute approximate surface area is 112 Å². The zero-order chi connectivity index (χ0) is 12.5. The van der Waals surface area contributed by atoms with E-state index in [0.29, 0.717) is 11.6 Å². The zero-order valence-electron chi connectivity index (χ0n) is 9.36. The van der Waals surface area contributed by atoms with Gasteiger partial charge in [-0.1, -0.05) is 27.7 Å². The summed E-state index contributed by atoms with van der Waals surface area (Å²) in [6.45, 7) is 1.54. The number of pyridine rings is 1. The van der Waals surface area contributed by atoms with Crippen molar-refractivity contribution in [1.82, 2.24) is 4.98 Å². The molecule has 17 heavy (non-hydrogen) atoms. The molecule has 0 aliphatic carbocycles. The Bertz CT molecular complexity index is 454. The second kappa shape index (κ2) is 4.94. The minimum atomic E-state index is -0.532. The lowest BCUT2D eigenvalue weighted by Gasteiger charge is -2.32. The van der Waals surface area contributed by atoms with Crippen LogP contribution in [0.5, 0.6) is 0 Å². The third-order valence-electron chi connectivity index (χ3n) is 2.72. The van der Waals surface area contributed by atoms with Crippen LogP contribution in [0.15, 0.2) is 27.8 Å². The van der Waals surface area contributed by atoms with Crippen LogP contribution in [0, 0.1) is 0 Å². The number of amidine groups is 1. The van der Waals surface area contributed by atoms with Crippen molar-refractivity contribution in [3.8, 4) is 0 Å². The van der Waals surface area contributed by atoms with E-state index in [0.717, 1.165) is 10.2 Å². The molecule has 0 unspecified atom stereocenters. The summed E-state index contributed by atoms with van der Waals surface area (Å²) in [7, 11) is 0. The van der Waals surface area contributed by atoms with Gasteiger partial charge in [-0.15, -0.1) is 0 Å². The van der Waals surface area contributed by atoms with Crippen molar-refractivity contribution in [2.75, 3.05) is 6.67 Å². The number of hydrogen-bond donors (Lipinski definition) is 1. The Hall–Kier alpha value is -0.620. The van der Waals surface area contributed by atoms with Crippen molar-refractivity contribution in [3.05, 3.63) is 28.5 Å². The van der Waals surface area contributed by atoms with Crippen LogP contribution in [0.4, 0.5) is 4.39 Å². The number of nitrogens with zero attached hydrogens (tertiary/aromatic N) is 2. The molecule has 1 aliphatic heterocycles. The standard InChI is InChI=1S/C11H13BrFN3S/c1-11(9-4-7(12)2-3-15-9)5-8(6-13)17-10(14)16-11/h2-4,8H,5-6H2,1H3,(H2,14,16)/t8-,11-/m0/s1. The lowest BCUT2D eigenvalue weighted by Crippen LogP contribution is -2.34. The molecule has 2 atom stereocenters. The zero-order valence-corrected chi connectivity index (χ0v) is 11.8. The molecule has 1 aromatic rings. The first-order chi connectivity index (χ1) is 8.03. The van der Waals surface area contributed by atoms with Gasteiger partial charge < -0.3 is 5.73 Å². The highest BCUT2D eigenvalue weighted by Gasteiger charge is 2.36. The summed E-state index contributed by atoms with van der Waals surface area (Å²) in [6, 6.07) is 3.76. The second-order valence-electron chi connectivity index (χ2n) is 4.18. The van der Waals surface area contributed by atoms with E-state index in [1.54, 1.807) is 6.20 Å². The first-order valence-corrected chi connectivity index (χ1v) is 6.91. The van der Waals surface area contributed by atoms with Gasteiger partial charge in [0.25, 0.3) is 0 Å². The number of aliphatic imine (C=N–C) groups is 1. The van der Waals surface area contributed by atoms with E-state index in [1.165, 1.54) is 11.8 Å². The Morgan fingerprint density at radius 3 is 3.12 bits per heavy atom. The van der Waals surface area contributed by atoms with Crippen molar-refractivity contribution in [2.24, 2.45) is 10.7 Å². The fraction of sp³-hybridized carbons (Fsp3) is 0.455. The van der Waals surface area contributed by atoms with Gasteiger partial charge in [0.1, 0.15) is 12.2 Å². The molecule has 0 fully saturated rings. The minimum Gasteiger partial charge on any atom is -0.379 e. The average molecular weight is 318 g/mol. The Morgan fingerprint density at radius 1 is 1.71 bits per heavy atom. The van der Waals surface area contributed by atoms with Crippen LogP contribution in [0.3, 0.4) is 0 Å². The molecular weight excluding hydrogens is 305 g/mol. The minimum absolute atomic E-state index is 0.140. The molecule has 0 radical (unpaired) electrons. The number of aromatic nitrogens is 1. The van der Waals surface area contributed by atoms with E-state index in [9.17, 15) is 4.39 Å². The molecule has 2 rings (SSSR count). The van der Waals surface area contributed by atoms with E-state index in [1.807, 2.05) is 19.1 Å². The number of alkyl halides is 1. The van der Waals surface area contributed by atoms with Crippen LogP contribution in [0.2, 0.25) is 0 Å². The lowest BCUT2D eigenvalue weighted by atomic mass is 9.92. The van der Waals surface area contributed by atoms with Gasteiger partial charge in [0, 0.05) is 15.9 Å². The van der Waals surface area contributed by atoms with Crippen LogP contribution in [-0.4, -0.2) is 22.1 Å². The van der Waals surface area contributed by atoms with Gasteiger partial charge in [-0.25, -0.2) is 9.38 Å². The van der Waals surface area contributed by atoms with Crippen molar-refractivity contribution >= 4 is 32.9 Å². The summed E-state index contributed by atoms with van der Waals surface area (Å²) >= 11 is 4.70. The van der Waals surface area contributed by atoms with Gasteiger partial charge in [0.15, 0.2) is 5.17 Å². The van der Waals surface area contributed by atoms with E-state index >= 15 is 0 Å². The predicted molar refractivity (Wildman–Crippen MR) is 72.9 cm³/mol. The third kappa shape index (κ3) is 2.80. The summed E-state index contributed by atoms with van der Waals surface area (Å²) in [6.07, 6.45) is 2.32. The fourth-order valence-corrected chi connectivity index (χ4v) is 3.32. The molecule has 2 heterocycles. The number of nitrogens with two attached hydrogens (primary N) is 1. The molecule has 0 amide bonds. The maximum absolute atomic E-state index is 12.8. The van der Waals surface area contributed by atoms with Crippen LogP contribution < -0.4 is 5.73 Å². The van der Waals surface area contributed by atoms with E-state index < -0.39 is 12.2 Å². The largest absolute Gasteiger partial charge is 0.379 e. The number of halogens is 2. The first-order valence-electron chi connectivity index (χ1n) is 5.23. The fourth-order valence-electron chi connectivity index (χ4n) is 1.92. The van der Waals surface area contributed by atoms with Crippen molar-refractivity contribution in [2.45, 2.75) is 24.1 Å². The van der Waals surface area contributed by atoms with Crippen LogP contribution in [0.25, 0.3) is 0 Å². The molecule has 0 aromatic carbocycles. The summed E-state index contributed by atoms with van der Waals surface area (Å²) in [4.78, 5) is 8.74. The van der Waals surface area contributed by atoms with E-state index in [4.69, 9.17) is 5.73 Å². The summed E-state index contributed by atoms with van der Waals surface area (Å²) in [5, 5.41) is 0.293. The monoisotopic (exact) mass is 317 g/mol. The maximum Gasteiger partial charge on any atom is 0.155 e. The molecule has 6 heteroatoms. The van der Waals surface area contributed by atoms with Crippen molar-refractivity contribution in [3.63, 3.8) is 0 Å². The highest BCUT2D eigenvalue weighted by molar-refractivity contribution is 9.10. The van der Waals surface area contributed by atoms with Gasteiger partial charge in [-0.3, -0.25) is 4.98 Å². The van der Waals surface area contributed by atoms with E-state index in [-0.39, 0.29) is 5.25 Å². The Balaban J connectivity index is 2.38. The number of rotatable bonds is 2. The molecule has 0 spiro atoms. The second-order valence-corrected chi connectivity index (χ2v) is 6.42. The normalized spacial score (nSPS) is 28.9. The molecule has 0 saturated heterocycles. The van der Waals surface area contributed by atoms with Gasteiger partial charge >= 0.3 is 0 Å². The Morgan fingerprint density at radius 2 is 2.47 bits per heavy atom. The molecule has 2 N–H and O–H groups in total. The summed E-state index contributed by atoms with van der Waals surface area (Å²) in [5.74, 6) is 0. The van der Waals surface area contributed by atoms with Gasteiger partial charge in [-0.2, -0.15) is 0 Å². The Kier molecular flexibility index (Phi) is 3.73. The molecule has 3 nitrogen and oxygen atoms in total. The average Bonchev–Trinajstić information content (AvgIpc) is 2.28. The molecule has 1 aromatic heterocycles. The topological polar surface area (TPSA) is 51.3 Å². The van der Waals surface area contributed by atoms with Gasteiger partial charge in [-0.05, 0) is 25.5 Å². The molecule has 1 aliphatic rings. The summed E-state index contributed by atoms with van der Waals surface area (Å²) < 4.78 is 13.8. The highest BCUT2D eigenvalue weighted by Crippen LogP contribution is 2.38. The number of thioether (sulfide) groups is 1. The van der Waals surface area contributed by atoms with Gasteiger partial charge in [0.05, 0.1) is 5.69 Å². The van der Waals surface area contributed by atoms with E-state index in [2.05, 4.69) is 25.9 Å². The molecular formula is C11H13BrFN3S. The number of hydrogen-bond acceptors (Lipinski definition) is 4. The maximum atomic E-state index is 12.8. The predicted octanol–water partition coefficient (Wildman–Crippen LogP) is 2.85. The van der Waals surface area contributed by atoms with Crippen molar-refractivity contribution < 1.29 is 4.39 Å². The SMILES string of the molecule is C[C@@]1(c2cc(Br)ccn2)C[C@@H](CF)SC(N)=N1. The van der Waals surface area contributed by atoms with Crippen LogP contribution in [-0.2, 0) is 5.54 Å².